The molecule has 6 heteroatoms. The number of hydrogen-bond donors (Lipinski definition) is 2. The van der Waals surface area contributed by atoms with Gasteiger partial charge in [-0.25, -0.2) is 9.97 Å². The lowest BCUT2D eigenvalue weighted by atomic mass is 10.3. The number of carbonyl (C=O) groups is 1. The molecule has 0 unspecified atom stereocenters. The maximum absolute atomic E-state index is 12.0. The molecule has 1 amide bonds. The van der Waals surface area contributed by atoms with Crippen LogP contribution in [0, 0.1) is 0 Å². The molecule has 0 bridgehead atoms. The summed E-state index contributed by atoms with van der Waals surface area (Å²) in [5.41, 5.74) is 1.18. The number of amides is 1. The molecule has 0 saturated heterocycles. The van der Waals surface area contributed by atoms with Crippen molar-refractivity contribution in [1.82, 2.24) is 15.3 Å². The molecular formula is C17H22N4O2. The SMILES string of the molecule is CCCCNC(=O)c1ccnc(Nc2ccc(OCC)cc2)n1. The smallest absolute Gasteiger partial charge is 0.270 e. The summed E-state index contributed by atoms with van der Waals surface area (Å²) in [6, 6.07) is 9.09. The summed E-state index contributed by atoms with van der Waals surface area (Å²) < 4.78 is 5.40. The molecule has 1 heterocycles. The van der Waals surface area contributed by atoms with E-state index in [1.165, 1.54) is 0 Å². The van der Waals surface area contributed by atoms with Gasteiger partial charge in [-0.3, -0.25) is 4.79 Å². The van der Waals surface area contributed by atoms with Gasteiger partial charge < -0.3 is 15.4 Å². The van der Waals surface area contributed by atoms with Crippen molar-refractivity contribution < 1.29 is 9.53 Å². The summed E-state index contributed by atoms with van der Waals surface area (Å²) in [5.74, 6) is 1.01. The van der Waals surface area contributed by atoms with Crippen molar-refractivity contribution >= 4 is 17.5 Å². The van der Waals surface area contributed by atoms with Crippen molar-refractivity contribution in [1.29, 1.82) is 0 Å². The number of aromatic nitrogens is 2. The zero-order valence-electron chi connectivity index (χ0n) is 13.5. The van der Waals surface area contributed by atoms with Crippen LogP contribution in [0.5, 0.6) is 5.75 Å². The number of nitrogens with zero attached hydrogens (tertiary/aromatic N) is 2. The summed E-state index contributed by atoms with van der Waals surface area (Å²) in [5, 5.41) is 5.92. The molecule has 1 aromatic carbocycles. The Hall–Kier alpha value is -2.63. The molecule has 0 radical (unpaired) electrons. The summed E-state index contributed by atoms with van der Waals surface area (Å²) in [6.07, 6.45) is 3.56. The molecule has 0 aliphatic heterocycles. The number of ether oxygens (including phenoxy) is 1. The molecule has 122 valence electrons. The average molecular weight is 314 g/mol. The van der Waals surface area contributed by atoms with Crippen LogP contribution >= 0.6 is 0 Å². The van der Waals surface area contributed by atoms with E-state index < -0.39 is 0 Å². The number of nitrogens with one attached hydrogen (secondary N) is 2. The lowest BCUT2D eigenvalue weighted by molar-refractivity contribution is 0.0948. The van der Waals surface area contributed by atoms with E-state index in [0.717, 1.165) is 24.3 Å². The lowest BCUT2D eigenvalue weighted by Crippen LogP contribution is -2.25. The molecule has 6 nitrogen and oxygen atoms in total. The van der Waals surface area contributed by atoms with Gasteiger partial charge in [0.2, 0.25) is 5.95 Å². The van der Waals surface area contributed by atoms with E-state index in [-0.39, 0.29) is 5.91 Å². The molecule has 2 rings (SSSR count). The van der Waals surface area contributed by atoms with Crippen LogP contribution < -0.4 is 15.4 Å². The standard InChI is InChI=1S/C17H22N4O2/c1-3-5-11-18-16(22)15-10-12-19-17(21-15)20-13-6-8-14(9-7-13)23-4-2/h6-10,12H,3-5,11H2,1-2H3,(H,18,22)(H,19,20,21). The fraction of sp³-hybridized carbons (Fsp3) is 0.353. The van der Waals surface area contributed by atoms with E-state index in [1.54, 1.807) is 12.3 Å². The fourth-order valence-corrected chi connectivity index (χ4v) is 1.94. The van der Waals surface area contributed by atoms with Gasteiger partial charge in [0.25, 0.3) is 5.91 Å². The van der Waals surface area contributed by atoms with Gasteiger partial charge in [0.15, 0.2) is 0 Å². The van der Waals surface area contributed by atoms with E-state index in [9.17, 15) is 4.79 Å². The summed E-state index contributed by atoms with van der Waals surface area (Å²) in [7, 11) is 0. The maximum Gasteiger partial charge on any atom is 0.270 e. The second kappa shape index (κ2) is 8.73. The number of unbranched alkanes of at least 4 members (excludes halogenated alkanes) is 1. The van der Waals surface area contributed by atoms with Crippen molar-refractivity contribution in [2.75, 3.05) is 18.5 Å². The molecule has 2 aromatic rings. The minimum atomic E-state index is -0.185. The number of hydrogen-bond acceptors (Lipinski definition) is 5. The van der Waals surface area contributed by atoms with Crippen LogP contribution in [0.1, 0.15) is 37.2 Å². The van der Waals surface area contributed by atoms with E-state index in [4.69, 9.17) is 4.74 Å². The number of benzene rings is 1. The first-order chi connectivity index (χ1) is 11.2. The molecule has 2 N–H and O–H groups in total. The van der Waals surface area contributed by atoms with Crippen LogP contribution in [0.15, 0.2) is 36.5 Å². The zero-order valence-corrected chi connectivity index (χ0v) is 13.5. The summed E-state index contributed by atoms with van der Waals surface area (Å²) in [4.78, 5) is 20.4. The molecule has 0 saturated carbocycles. The van der Waals surface area contributed by atoms with Gasteiger partial charge in [-0.1, -0.05) is 13.3 Å². The molecule has 0 atom stereocenters. The predicted octanol–water partition coefficient (Wildman–Crippen LogP) is 3.15. The Morgan fingerprint density at radius 2 is 1.96 bits per heavy atom. The van der Waals surface area contributed by atoms with Crippen LogP contribution in [0.4, 0.5) is 11.6 Å². The minimum Gasteiger partial charge on any atom is -0.494 e. The fourth-order valence-electron chi connectivity index (χ4n) is 1.94. The first kappa shape index (κ1) is 16.7. The second-order valence-corrected chi connectivity index (χ2v) is 4.96. The molecule has 1 aromatic heterocycles. The molecule has 23 heavy (non-hydrogen) atoms. The van der Waals surface area contributed by atoms with Gasteiger partial charge in [0.1, 0.15) is 11.4 Å². The summed E-state index contributed by atoms with van der Waals surface area (Å²) in [6.45, 7) is 5.30. The third-order valence-electron chi connectivity index (χ3n) is 3.13. The van der Waals surface area contributed by atoms with Crippen molar-refractivity contribution in [2.45, 2.75) is 26.7 Å². The molecule has 0 spiro atoms. The average Bonchev–Trinajstić information content (AvgIpc) is 2.57. The first-order valence-electron chi connectivity index (χ1n) is 7.84. The number of rotatable bonds is 8. The Kier molecular flexibility index (Phi) is 6.35. The quantitative estimate of drug-likeness (QED) is 0.732. The Bertz CT molecular complexity index is 629. The minimum absolute atomic E-state index is 0.185. The van der Waals surface area contributed by atoms with Crippen molar-refractivity contribution in [3.63, 3.8) is 0 Å². The Labute approximate surface area is 136 Å². The van der Waals surface area contributed by atoms with Crippen molar-refractivity contribution in [2.24, 2.45) is 0 Å². The maximum atomic E-state index is 12.0. The van der Waals surface area contributed by atoms with E-state index in [2.05, 4.69) is 27.5 Å². The monoisotopic (exact) mass is 314 g/mol. The highest BCUT2D eigenvalue weighted by Gasteiger charge is 2.08. The molecule has 0 fully saturated rings. The van der Waals surface area contributed by atoms with E-state index >= 15 is 0 Å². The van der Waals surface area contributed by atoms with Crippen LogP contribution in [0.3, 0.4) is 0 Å². The first-order valence-corrected chi connectivity index (χ1v) is 7.84. The highest BCUT2D eigenvalue weighted by molar-refractivity contribution is 5.92. The van der Waals surface area contributed by atoms with Crippen LogP contribution in [-0.4, -0.2) is 29.0 Å². The molecule has 0 aliphatic rings. The highest BCUT2D eigenvalue weighted by atomic mass is 16.5. The third-order valence-corrected chi connectivity index (χ3v) is 3.13. The van der Waals surface area contributed by atoms with Gasteiger partial charge in [0.05, 0.1) is 6.61 Å². The summed E-state index contributed by atoms with van der Waals surface area (Å²) >= 11 is 0. The van der Waals surface area contributed by atoms with Gasteiger partial charge >= 0.3 is 0 Å². The normalized spacial score (nSPS) is 10.2. The van der Waals surface area contributed by atoms with Crippen LogP contribution in [0.2, 0.25) is 0 Å². The zero-order chi connectivity index (χ0) is 16.5. The Morgan fingerprint density at radius 3 is 2.65 bits per heavy atom. The van der Waals surface area contributed by atoms with Crippen LogP contribution in [-0.2, 0) is 0 Å². The Balaban J connectivity index is 2.00. The largest absolute Gasteiger partial charge is 0.494 e. The van der Waals surface area contributed by atoms with Gasteiger partial charge in [-0.05, 0) is 43.7 Å². The van der Waals surface area contributed by atoms with Crippen LogP contribution in [0.25, 0.3) is 0 Å². The molecule has 0 aliphatic carbocycles. The second-order valence-electron chi connectivity index (χ2n) is 4.96. The number of carbonyl (C=O) groups excluding carboxylic acids is 1. The Morgan fingerprint density at radius 1 is 1.17 bits per heavy atom. The number of anilines is 2. The van der Waals surface area contributed by atoms with Gasteiger partial charge in [-0.2, -0.15) is 0 Å². The van der Waals surface area contributed by atoms with Crippen molar-refractivity contribution in [3.05, 3.63) is 42.2 Å². The third kappa shape index (κ3) is 5.25. The van der Waals surface area contributed by atoms with Crippen molar-refractivity contribution in [3.8, 4) is 5.75 Å². The highest BCUT2D eigenvalue weighted by Crippen LogP contribution is 2.18. The van der Waals surface area contributed by atoms with E-state index in [1.807, 2.05) is 31.2 Å². The van der Waals surface area contributed by atoms with Gasteiger partial charge in [-0.15, -0.1) is 0 Å². The molecular weight excluding hydrogens is 292 g/mol. The lowest BCUT2D eigenvalue weighted by Gasteiger charge is -2.08. The van der Waals surface area contributed by atoms with E-state index in [0.29, 0.717) is 24.8 Å². The predicted molar refractivity (Wildman–Crippen MR) is 90.2 cm³/mol. The van der Waals surface area contributed by atoms with Gasteiger partial charge in [0, 0.05) is 18.4 Å². The topological polar surface area (TPSA) is 76.1 Å².